The molecule has 0 aromatic heterocycles. The molecule has 0 saturated carbocycles. The van der Waals surface area contributed by atoms with Gasteiger partial charge in [-0.1, -0.05) is 142 Å². The Balaban J connectivity index is 0.000000236. The van der Waals surface area contributed by atoms with Gasteiger partial charge < -0.3 is 35.1 Å². The van der Waals surface area contributed by atoms with Crippen LogP contribution in [0.25, 0.3) is 0 Å². The molecule has 3 heterocycles. The number of hydrogen-bond donors (Lipinski definition) is 2. The minimum absolute atomic E-state index is 0. The molecule has 3 fully saturated rings. The third-order valence-electron chi connectivity index (χ3n) is 20.8. The lowest BCUT2D eigenvalue weighted by atomic mass is 9.63. The van der Waals surface area contributed by atoms with Gasteiger partial charge in [0, 0.05) is 35.7 Å². The Bertz CT molecular complexity index is 2670. The van der Waals surface area contributed by atoms with Crippen molar-refractivity contribution in [2.45, 2.75) is 247 Å². The second kappa shape index (κ2) is 29.2. The Morgan fingerprint density at radius 3 is 1.27 bits per heavy atom. The van der Waals surface area contributed by atoms with Crippen molar-refractivity contribution in [2.75, 3.05) is 72.0 Å². The molecule has 0 unspecified atom stereocenters. The highest BCUT2D eigenvalue weighted by atomic mass is 16.2. The molecule has 3 aliphatic carbocycles. The Hall–Kier alpha value is -4.58. The summed E-state index contributed by atoms with van der Waals surface area (Å²) < 4.78 is 0. The van der Waals surface area contributed by atoms with Crippen LogP contribution in [0.2, 0.25) is 0 Å². The average molecular weight is 1170 g/mol. The van der Waals surface area contributed by atoms with Gasteiger partial charge in [-0.3, -0.25) is 19.2 Å². The smallest absolute Gasteiger partial charge is 0.242 e. The second-order valence-electron chi connectivity index (χ2n) is 30.8. The first-order valence-electron chi connectivity index (χ1n) is 33.7. The maximum Gasteiger partial charge on any atom is 0.242 e. The van der Waals surface area contributed by atoms with E-state index in [2.05, 4.69) is 179 Å². The van der Waals surface area contributed by atoms with Gasteiger partial charge in [-0.05, 0) is 242 Å². The van der Waals surface area contributed by atoms with Crippen LogP contribution in [0.3, 0.4) is 0 Å². The molecule has 4 amide bonds. The van der Waals surface area contributed by atoms with Gasteiger partial charge in [-0.2, -0.15) is 0 Å². The number of piperidine rings is 3. The van der Waals surface area contributed by atoms with E-state index >= 15 is 0 Å². The molecule has 3 aromatic rings. The molecule has 85 heavy (non-hydrogen) atoms. The topological polar surface area (TPSA) is 109 Å². The van der Waals surface area contributed by atoms with Crippen LogP contribution in [0.1, 0.15) is 261 Å². The molecule has 476 valence electrons. The van der Waals surface area contributed by atoms with E-state index in [4.69, 9.17) is 0 Å². The van der Waals surface area contributed by atoms with Gasteiger partial charge in [-0.15, -0.1) is 0 Å². The Morgan fingerprint density at radius 2 is 0.906 bits per heavy atom. The minimum atomic E-state index is -0.161. The number of rotatable bonds is 14. The highest BCUT2D eigenvalue weighted by molar-refractivity contribution is 5.84. The normalized spacial score (nSPS) is 22.0. The molecule has 3 spiro atoms. The molecule has 3 aromatic carbocycles. The summed E-state index contributed by atoms with van der Waals surface area (Å²) in [7, 11) is 0. The maximum absolute atomic E-state index is 12.9. The van der Waals surface area contributed by atoms with E-state index in [0.29, 0.717) is 40.0 Å². The van der Waals surface area contributed by atoms with E-state index in [1.165, 1.54) is 157 Å². The number of benzene rings is 3. The molecule has 0 radical (unpaired) electrons. The van der Waals surface area contributed by atoms with Gasteiger partial charge in [0.05, 0.1) is 24.7 Å². The van der Waals surface area contributed by atoms with Crippen molar-refractivity contribution in [3.8, 4) is 0 Å². The fraction of sp³-hybridized carbons (Fsp3) is 0.703. The number of carbonyl (C=O) groups excluding carboxylic acids is 4. The molecule has 3 saturated heterocycles. The number of amides is 4. The quantitative estimate of drug-likeness (QED) is 0.165. The fourth-order valence-electron chi connectivity index (χ4n) is 15.5. The first-order valence-corrected chi connectivity index (χ1v) is 33.7. The van der Waals surface area contributed by atoms with Gasteiger partial charge in [0.25, 0.3) is 0 Å². The minimum Gasteiger partial charge on any atom is -0.349 e. The van der Waals surface area contributed by atoms with E-state index in [0.717, 1.165) is 38.8 Å². The number of likely N-dealkylation sites (N-methyl/N-ethyl adjacent to an activating group) is 1. The van der Waals surface area contributed by atoms with Gasteiger partial charge in [0.1, 0.15) is 0 Å². The monoisotopic (exact) mass is 1170 g/mol. The Kier molecular flexibility index (Phi) is 23.3. The molecular formula is C74H121N7O4. The summed E-state index contributed by atoms with van der Waals surface area (Å²) in [5.41, 5.74) is 10.6. The first kappa shape index (κ1) is 67.9. The van der Waals surface area contributed by atoms with E-state index in [-0.39, 0.29) is 62.6 Å². The predicted octanol–water partition coefficient (Wildman–Crippen LogP) is 15.1. The summed E-state index contributed by atoms with van der Waals surface area (Å²) in [6.07, 6.45) is 18.4. The van der Waals surface area contributed by atoms with Crippen LogP contribution >= 0.6 is 0 Å². The zero-order valence-electron chi connectivity index (χ0n) is 56.2. The second-order valence-corrected chi connectivity index (χ2v) is 30.8. The molecule has 3 aliphatic heterocycles. The number of fused-ring (bicyclic) bond motifs is 6. The number of carbonyl (C=O) groups is 4. The lowest BCUT2D eigenvalue weighted by Crippen LogP contribution is -2.48. The van der Waals surface area contributed by atoms with Gasteiger partial charge in [-0.25, -0.2) is 0 Å². The molecule has 2 N–H and O–H groups in total. The summed E-state index contributed by atoms with van der Waals surface area (Å²) in [5.74, 6) is 0.205. The van der Waals surface area contributed by atoms with Crippen LogP contribution in [0.4, 0.5) is 0 Å². The van der Waals surface area contributed by atoms with Crippen molar-refractivity contribution in [3.63, 3.8) is 0 Å². The van der Waals surface area contributed by atoms with Crippen molar-refractivity contribution in [1.82, 2.24) is 35.1 Å². The summed E-state index contributed by atoms with van der Waals surface area (Å²) >= 11 is 0. The van der Waals surface area contributed by atoms with Gasteiger partial charge >= 0.3 is 0 Å². The molecule has 6 aliphatic rings. The zero-order chi connectivity index (χ0) is 62.0. The summed E-state index contributed by atoms with van der Waals surface area (Å²) in [4.78, 5) is 60.5. The van der Waals surface area contributed by atoms with E-state index < -0.39 is 0 Å². The first-order chi connectivity index (χ1) is 40.1. The summed E-state index contributed by atoms with van der Waals surface area (Å²) in [5, 5.41) is 5.91. The lowest BCUT2D eigenvalue weighted by Gasteiger charge is -2.49. The molecule has 9 rings (SSSR count). The van der Waals surface area contributed by atoms with Crippen LogP contribution in [0.15, 0.2) is 72.8 Å². The van der Waals surface area contributed by atoms with Crippen LogP contribution in [-0.4, -0.2) is 126 Å². The third-order valence-corrected chi connectivity index (χ3v) is 20.8. The molecule has 3 atom stereocenters. The van der Waals surface area contributed by atoms with Crippen molar-refractivity contribution in [3.05, 3.63) is 106 Å². The van der Waals surface area contributed by atoms with Gasteiger partial charge in [0.15, 0.2) is 0 Å². The Labute approximate surface area is 519 Å². The van der Waals surface area contributed by atoms with Crippen LogP contribution < -0.4 is 10.6 Å². The summed E-state index contributed by atoms with van der Waals surface area (Å²) in [6.45, 7) is 43.9. The van der Waals surface area contributed by atoms with Crippen molar-refractivity contribution >= 4 is 23.6 Å². The number of nitrogens with zero attached hydrogens (tertiary/aromatic N) is 5. The van der Waals surface area contributed by atoms with Crippen LogP contribution in [0, 0.1) is 16.2 Å². The van der Waals surface area contributed by atoms with E-state index in [1.807, 2.05) is 18.7 Å². The van der Waals surface area contributed by atoms with Gasteiger partial charge in [0.2, 0.25) is 23.6 Å². The maximum atomic E-state index is 12.9. The summed E-state index contributed by atoms with van der Waals surface area (Å²) in [6, 6.07) is 27.4. The predicted molar refractivity (Wildman–Crippen MR) is 356 cm³/mol. The largest absolute Gasteiger partial charge is 0.349 e. The van der Waals surface area contributed by atoms with E-state index in [9.17, 15) is 19.2 Å². The van der Waals surface area contributed by atoms with E-state index in [1.54, 1.807) is 6.92 Å². The SMILES string of the molecule is CC(=O)N(C(C)C)[C@H]1CCC2(CCN(CCC(C)(C)C)CC2)c2ccccc21.CCC(=O)N[C@H]1CCC2(CCN(CCC(C)(C)C)CC2)c2ccccc21.CCN(C(=O)CNC(C)=O)[C@H]1CCC2(CCN(CCC(C)(C)C)CC2)c2ccccc21.[HH].[HH]. The number of likely N-dealkylation sites (tertiary alicyclic amines) is 3. The molecular weight excluding hydrogens is 1050 g/mol. The third kappa shape index (κ3) is 17.8. The number of nitrogens with one attached hydrogen (secondary N) is 2. The van der Waals surface area contributed by atoms with Crippen molar-refractivity contribution in [2.24, 2.45) is 16.2 Å². The highest BCUT2D eigenvalue weighted by Gasteiger charge is 2.46. The van der Waals surface area contributed by atoms with Crippen LogP contribution in [-0.2, 0) is 35.4 Å². The average Bonchev–Trinajstić information content (AvgIpc) is 0.875. The molecule has 11 nitrogen and oxygen atoms in total. The standard InChI is InChI=1S/C26H41N3O2.C25H40N2O.C23H36N2O.2H2/c1-6-29(24(31)19-27-20(2)30)23-11-12-26(22-10-8-7-9-21(22)23)14-17-28(18-15-26)16-13-25(3,4)5;1-19(2)27(20(3)28)23-11-12-25(22-10-8-7-9-21(22)23)14-17-26(18-15-25)16-13-24(4,5)6;1-5-21(26)24-20-10-11-23(19-9-7-6-8-18(19)20)13-16-25(17-14-23)15-12-22(2,3)4;;/h7-10,23H,6,11-19H2,1-5H3,(H,27,30);7-10,19,23H,11-18H2,1-6H3;6-9,20H,5,10-17H2,1-4H3,(H,24,26);2*1H/t2*23-;20-;;/m000../s1. The zero-order valence-corrected chi connectivity index (χ0v) is 56.2. The Morgan fingerprint density at radius 1 is 0.541 bits per heavy atom. The molecule has 11 heteroatoms. The van der Waals surface area contributed by atoms with Crippen molar-refractivity contribution in [1.29, 1.82) is 0 Å². The fourth-order valence-corrected chi connectivity index (χ4v) is 15.5. The van der Waals surface area contributed by atoms with Crippen LogP contribution in [0.5, 0.6) is 0 Å². The molecule has 0 bridgehead atoms. The number of hydrogen-bond acceptors (Lipinski definition) is 7. The lowest BCUT2D eigenvalue weighted by molar-refractivity contribution is -0.135. The van der Waals surface area contributed by atoms with Crippen molar-refractivity contribution < 1.29 is 22.0 Å². The highest BCUT2D eigenvalue weighted by Crippen LogP contribution is 2.52.